The summed E-state index contributed by atoms with van der Waals surface area (Å²) in [6.45, 7) is 3.24. The van der Waals surface area contributed by atoms with E-state index in [4.69, 9.17) is 9.84 Å². The van der Waals surface area contributed by atoms with E-state index in [1.807, 2.05) is 0 Å². The molecule has 2 heterocycles. The lowest BCUT2D eigenvalue weighted by Crippen LogP contribution is -2.30. The zero-order valence-electron chi connectivity index (χ0n) is 9.78. The molecule has 1 aliphatic rings. The molecule has 0 aromatic carbocycles. The van der Waals surface area contributed by atoms with Gasteiger partial charge in [-0.05, 0) is 13.0 Å². The van der Waals surface area contributed by atoms with E-state index >= 15 is 0 Å². The average Bonchev–Trinajstić information content (AvgIpc) is 2.57. The molecule has 1 aliphatic heterocycles. The van der Waals surface area contributed by atoms with Crippen molar-refractivity contribution in [1.29, 1.82) is 0 Å². The predicted molar refractivity (Wildman–Crippen MR) is 59.4 cm³/mol. The third-order valence-corrected chi connectivity index (χ3v) is 3.11. The first-order valence-corrected chi connectivity index (χ1v) is 5.54. The van der Waals surface area contributed by atoms with E-state index in [-0.39, 0.29) is 12.5 Å². The normalized spacial score (nSPS) is 32.9. The average molecular weight is 240 g/mol. The van der Waals surface area contributed by atoms with Crippen LogP contribution in [0.5, 0.6) is 0 Å². The van der Waals surface area contributed by atoms with Crippen LogP contribution in [0.2, 0.25) is 0 Å². The number of nitrogens with zero attached hydrogens (tertiary/aromatic N) is 2. The first kappa shape index (κ1) is 12.2. The number of hydrogen-bond donors (Lipinski definition) is 2. The molecular weight excluding hydrogens is 224 g/mol. The lowest BCUT2D eigenvalue weighted by molar-refractivity contribution is -0.0476. The largest absolute Gasteiger partial charge is 0.394 e. The van der Waals surface area contributed by atoms with Crippen molar-refractivity contribution in [2.24, 2.45) is 5.92 Å². The lowest BCUT2D eigenvalue weighted by Gasteiger charge is -2.17. The van der Waals surface area contributed by atoms with Crippen LogP contribution in [0.25, 0.3) is 0 Å². The van der Waals surface area contributed by atoms with E-state index in [2.05, 4.69) is 4.98 Å². The van der Waals surface area contributed by atoms with E-state index in [9.17, 15) is 9.90 Å². The van der Waals surface area contributed by atoms with Crippen LogP contribution in [0.15, 0.2) is 17.1 Å². The molecule has 0 bridgehead atoms. The standard InChI is InChI=1S/C11H16N2O4/c1-6-3-4-13(11(16)12-6)10-7(2)9(15)8(5-14)17-10/h3-4,7-10,14-15H,5H2,1-2H3. The van der Waals surface area contributed by atoms with Gasteiger partial charge in [-0.2, -0.15) is 4.98 Å². The molecule has 1 saturated heterocycles. The smallest absolute Gasteiger partial charge is 0.349 e. The van der Waals surface area contributed by atoms with E-state index in [0.29, 0.717) is 5.69 Å². The fraction of sp³-hybridized carbons (Fsp3) is 0.636. The van der Waals surface area contributed by atoms with Crippen molar-refractivity contribution in [3.05, 3.63) is 28.4 Å². The number of aromatic nitrogens is 2. The van der Waals surface area contributed by atoms with Gasteiger partial charge in [-0.1, -0.05) is 6.92 Å². The highest BCUT2D eigenvalue weighted by atomic mass is 16.5. The quantitative estimate of drug-likeness (QED) is 0.723. The summed E-state index contributed by atoms with van der Waals surface area (Å²) in [5.74, 6) is -0.269. The molecule has 0 radical (unpaired) electrons. The Morgan fingerprint density at radius 2 is 2.29 bits per heavy atom. The summed E-state index contributed by atoms with van der Waals surface area (Å²) < 4.78 is 6.81. The van der Waals surface area contributed by atoms with Gasteiger partial charge in [-0.15, -0.1) is 0 Å². The van der Waals surface area contributed by atoms with Gasteiger partial charge >= 0.3 is 5.69 Å². The summed E-state index contributed by atoms with van der Waals surface area (Å²) in [4.78, 5) is 15.5. The van der Waals surface area contributed by atoms with Crippen molar-refractivity contribution in [3.8, 4) is 0 Å². The molecule has 0 amide bonds. The highest BCUT2D eigenvalue weighted by Gasteiger charge is 2.41. The Hall–Kier alpha value is -1.24. The molecule has 2 N–H and O–H groups in total. The number of rotatable bonds is 2. The van der Waals surface area contributed by atoms with Crippen molar-refractivity contribution in [3.63, 3.8) is 0 Å². The van der Waals surface area contributed by atoms with E-state index in [1.165, 1.54) is 4.57 Å². The van der Waals surface area contributed by atoms with Gasteiger partial charge in [-0.3, -0.25) is 4.57 Å². The monoisotopic (exact) mass is 240 g/mol. The first-order chi connectivity index (χ1) is 8.04. The van der Waals surface area contributed by atoms with Crippen LogP contribution in [0.1, 0.15) is 18.8 Å². The molecule has 1 aromatic heterocycles. The summed E-state index contributed by atoms with van der Waals surface area (Å²) in [5, 5.41) is 18.9. The van der Waals surface area contributed by atoms with Gasteiger partial charge in [0.2, 0.25) is 0 Å². The highest BCUT2D eigenvalue weighted by molar-refractivity contribution is 4.98. The van der Waals surface area contributed by atoms with Crippen LogP contribution >= 0.6 is 0 Å². The summed E-state index contributed by atoms with van der Waals surface area (Å²) in [5.41, 5.74) is 0.226. The Labute approximate surface area is 98.5 Å². The molecule has 1 fully saturated rings. The Balaban J connectivity index is 2.32. The zero-order chi connectivity index (χ0) is 12.6. The highest BCUT2D eigenvalue weighted by Crippen LogP contribution is 2.33. The van der Waals surface area contributed by atoms with E-state index < -0.39 is 24.1 Å². The Kier molecular flexibility index (Phi) is 3.28. The van der Waals surface area contributed by atoms with Gasteiger partial charge in [0.05, 0.1) is 12.7 Å². The van der Waals surface area contributed by atoms with Gasteiger partial charge in [0.25, 0.3) is 0 Å². The van der Waals surface area contributed by atoms with Crippen molar-refractivity contribution < 1.29 is 14.9 Å². The number of hydrogen-bond acceptors (Lipinski definition) is 5. The number of aryl methyl sites for hydroxylation is 1. The van der Waals surface area contributed by atoms with E-state index in [1.54, 1.807) is 26.1 Å². The predicted octanol–water partition coefficient (Wildman–Crippen LogP) is -0.562. The Morgan fingerprint density at radius 1 is 1.59 bits per heavy atom. The minimum absolute atomic E-state index is 0.268. The Morgan fingerprint density at radius 3 is 2.82 bits per heavy atom. The molecule has 1 aromatic rings. The number of ether oxygens (including phenoxy) is 1. The zero-order valence-corrected chi connectivity index (χ0v) is 9.78. The van der Waals surface area contributed by atoms with Crippen LogP contribution in [0, 0.1) is 12.8 Å². The molecule has 0 saturated carbocycles. The molecule has 4 atom stereocenters. The van der Waals surface area contributed by atoms with Crippen LogP contribution in [0.4, 0.5) is 0 Å². The number of aliphatic hydroxyl groups excluding tert-OH is 2. The summed E-state index contributed by atoms with van der Waals surface area (Å²) in [6.07, 6.45) is -0.414. The first-order valence-electron chi connectivity index (χ1n) is 5.54. The molecule has 4 unspecified atom stereocenters. The lowest BCUT2D eigenvalue weighted by atomic mass is 10.0. The van der Waals surface area contributed by atoms with Crippen LogP contribution in [-0.2, 0) is 4.74 Å². The van der Waals surface area contributed by atoms with Crippen molar-refractivity contribution in [1.82, 2.24) is 9.55 Å². The fourth-order valence-electron chi connectivity index (χ4n) is 2.05. The maximum Gasteiger partial charge on any atom is 0.349 e. The Bertz CT molecular complexity index is 459. The van der Waals surface area contributed by atoms with Crippen molar-refractivity contribution in [2.75, 3.05) is 6.61 Å². The second-order valence-electron chi connectivity index (χ2n) is 4.36. The molecule has 0 spiro atoms. The third-order valence-electron chi connectivity index (χ3n) is 3.11. The molecule has 6 heteroatoms. The second-order valence-corrected chi connectivity index (χ2v) is 4.36. The summed E-state index contributed by atoms with van der Waals surface area (Å²) >= 11 is 0. The minimum atomic E-state index is -0.779. The summed E-state index contributed by atoms with van der Waals surface area (Å²) in [7, 11) is 0. The van der Waals surface area contributed by atoms with Crippen molar-refractivity contribution in [2.45, 2.75) is 32.3 Å². The molecular formula is C11H16N2O4. The maximum absolute atomic E-state index is 11.7. The van der Waals surface area contributed by atoms with Gasteiger partial charge in [0.15, 0.2) is 0 Å². The van der Waals surface area contributed by atoms with Crippen molar-refractivity contribution >= 4 is 0 Å². The maximum atomic E-state index is 11.7. The van der Waals surface area contributed by atoms with Crippen LogP contribution in [-0.4, -0.2) is 38.6 Å². The van der Waals surface area contributed by atoms with E-state index in [0.717, 1.165) is 0 Å². The van der Waals surface area contributed by atoms with Gasteiger partial charge in [0.1, 0.15) is 12.3 Å². The molecule has 17 heavy (non-hydrogen) atoms. The third kappa shape index (κ3) is 2.11. The van der Waals surface area contributed by atoms with Gasteiger partial charge in [0, 0.05) is 17.8 Å². The second kappa shape index (κ2) is 4.56. The molecule has 94 valence electrons. The number of aliphatic hydroxyl groups is 2. The fourth-order valence-corrected chi connectivity index (χ4v) is 2.05. The topological polar surface area (TPSA) is 84.6 Å². The SMILES string of the molecule is Cc1ccn(C2OC(CO)C(O)C2C)c(=O)n1. The van der Waals surface area contributed by atoms with Crippen LogP contribution in [0.3, 0.4) is 0 Å². The molecule has 2 rings (SSSR count). The van der Waals surface area contributed by atoms with Crippen LogP contribution < -0.4 is 5.69 Å². The minimum Gasteiger partial charge on any atom is -0.394 e. The molecule has 0 aliphatic carbocycles. The summed E-state index contributed by atoms with van der Waals surface area (Å²) in [6, 6.07) is 1.70. The van der Waals surface area contributed by atoms with Gasteiger partial charge in [-0.25, -0.2) is 4.79 Å². The van der Waals surface area contributed by atoms with Gasteiger partial charge < -0.3 is 14.9 Å². The molecule has 6 nitrogen and oxygen atoms in total.